The minimum atomic E-state index is 0.304. The minimum absolute atomic E-state index is 0.304. The molecule has 2 aromatic rings. The van der Waals surface area contributed by atoms with Crippen molar-refractivity contribution in [1.82, 2.24) is 9.55 Å². The van der Waals surface area contributed by atoms with E-state index in [9.17, 15) is 0 Å². The maximum atomic E-state index is 6.00. The topological polar surface area (TPSA) is 27.1 Å². The van der Waals surface area contributed by atoms with Crippen LogP contribution in [0.3, 0.4) is 0 Å². The molecule has 1 atom stereocenters. The van der Waals surface area contributed by atoms with Crippen LogP contribution in [0.2, 0.25) is 0 Å². The van der Waals surface area contributed by atoms with E-state index >= 15 is 0 Å². The molecule has 1 aliphatic rings. The maximum Gasteiger partial charge on any atom is 0.124 e. The fourth-order valence-corrected chi connectivity index (χ4v) is 2.79. The quantitative estimate of drug-likeness (QED) is 0.795. The zero-order chi connectivity index (χ0) is 12.4. The lowest BCUT2D eigenvalue weighted by atomic mass is 10.1. The Morgan fingerprint density at radius 3 is 3.00 bits per heavy atom. The number of nitrogens with zero attached hydrogens (tertiary/aromatic N) is 2. The van der Waals surface area contributed by atoms with E-state index in [1.807, 2.05) is 18.2 Å². The van der Waals surface area contributed by atoms with E-state index in [0.717, 1.165) is 36.4 Å². The Labute approximate surface area is 112 Å². The average molecular weight is 265 g/mol. The van der Waals surface area contributed by atoms with E-state index in [0.29, 0.717) is 12.0 Å². The summed E-state index contributed by atoms with van der Waals surface area (Å²) < 4.78 is 8.01. The molecule has 1 saturated heterocycles. The highest BCUT2D eigenvalue weighted by Crippen LogP contribution is 2.21. The van der Waals surface area contributed by atoms with Crippen LogP contribution in [0.25, 0.3) is 11.0 Å². The number of hydrogen-bond donors (Lipinski definition) is 0. The number of aromatic nitrogens is 2. The van der Waals surface area contributed by atoms with Gasteiger partial charge in [-0.1, -0.05) is 12.1 Å². The molecular formula is C14H17ClN2O. The standard InChI is InChI=1S/C14H17ClN2O/c15-9-14-16-12-6-1-2-7-13(12)17(14)10-11-5-3-4-8-18-11/h1-2,6-7,11H,3-5,8-10H2. The van der Waals surface area contributed by atoms with Crippen molar-refractivity contribution in [2.45, 2.75) is 37.8 Å². The molecule has 2 heterocycles. The van der Waals surface area contributed by atoms with Crippen molar-refractivity contribution < 1.29 is 4.74 Å². The molecule has 3 nitrogen and oxygen atoms in total. The Balaban J connectivity index is 1.93. The molecular weight excluding hydrogens is 248 g/mol. The van der Waals surface area contributed by atoms with E-state index in [-0.39, 0.29) is 0 Å². The predicted molar refractivity (Wildman–Crippen MR) is 72.9 cm³/mol. The van der Waals surface area contributed by atoms with E-state index in [4.69, 9.17) is 16.3 Å². The smallest absolute Gasteiger partial charge is 0.124 e. The van der Waals surface area contributed by atoms with Gasteiger partial charge in [0, 0.05) is 6.61 Å². The molecule has 0 amide bonds. The van der Waals surface area contributed by atoms with Crippen molar-refractivity contribution in [3.8, 4) is 0 Å². The summed E-state index contributed by atoms with van der Waals surface area (Å²) >= 11 is 6.00. The lowest BCUT2D eigenvalue weighted by Gasteiger charge is -2.23. The first-order valence-electron chi connectivity index (χ1n) is 6.50. The Hall–Kier alpha value is -1.06. The van der Waals surface area contributed by atoms with Crippen LogP contribution in [0.5, 0.6) is 0 Å². The number of hydrogen-bond acceptors (Lipinski definition) is 2. The van der Waals surface area contributed by atoms with Gasteiger partial charge in [-0.25, -0.2) is 4.98 Å². The van der Waals surface area contributed by atoms with Gasteiger partial charge in [-0.05, 0) is 31.4 Å². The highest BCUT2D eigenvalue weighted by molar-refractivity contribution is 6.16. The summed E-state index contributed by atoms with van der Waals surface area (Å²) in [6.45, 7) is 1.75. The molecule has 0 saturated carbocycles. The van der Waals surface area contributed by atoms with Crippen LogP contribution < -0.4 is 0 Å². The second-order valence-corrected chi connectivity index (χ2v) is 5.02. The van der Waals surface area contributed by atoms with Crippen LogP contribution in [-0.2, 0) is 17.2 Å². The first-order valence-corrected chi connectivity index (χ1v) is 7.03. The van der Waals surface area contributed by atoms with Crippen molar-refractivity contribution in [2.75, 3.05) is 6.61 Å². The molecule has 1 fully saturated rings. The Morgan fingerprint density at radius 2 is 2.22 bits per heavy atom. The summed E-state index contributed by atoms with van der Waals surface area (Å²) in [5, 5.41) is 0. The van der Waals surface area contributed by atoms with Gasteiger partial charge < -0.3 is 9.30 Å². The third kappa shape index (κ3) is 2.25. The number of benzene rings is 1. The normalized spacial score (nSPS) is 20.4. The summed E-state index contributed by atoms with van der Waals surface area (Å²) in [6.07, 6.45) is 3.88. The third-order valence-corrected chi connectivity index (χ3v) is 3.75. The molecule has 1 aromatic heterocycles. The molecule has 0 N–H and O–H groups in total. The van der Waals surface area contributed by atoms with Crippen LogP contribution >= 0.6 is 11.6 Å². The van der Waals surface area contributed by atoms with E-state index in [1.165, 1.54) is 12.8 Å². The van der Waals surface area contributed by atoms with Crippen LogP contribution in [0.15, 0.2) is 24.3 Å². The molecule has 3 rings (SSSR count). The summed E-state index contributed by atoms with van der Waals surface area (Å²) in [4.78, 5) is 4.57. The Bertz CT molecular complexity index is 532. The molecule has 96 valence electrons. The highest BCUT2D eigenvalue weighted by atomic mass is 35.5. The zero-order valence-electron chi connectivity index (χ0n) is 10.3. The van der Waals surface area contributed by atoms with Crippen molar-refractivity contribution >= 4 is 22.6 Å². The van der Waals surface area contributed by atoms with Crippen LogP contribution in [0.1, 0.15) is 25.1 Å². The first-order chi connectivity index (χ1) is 8.88. The van der Waals surface area contributed by atoms with Gasteiger partial charge in [0.15, 0.2) is 0 Å². The van der Waals surface area contributed by atoms with Gasteiger partial charge in [-0.2, -0.15) is 0 Å². The average Bonchev–Trinajstić information content (AvgIpc) is 2.78. The van der Waals surface area contributed by atoms with Gasteiger partial charge in [0.1, 0.15) is 5.82 Å². The molecule has 18 heavy (non-hydrogen) atoms. The number of imidazole rings is 1. The second kappa shape index (κ2) is 5.29. The number of halogens is 1. The molecule has 0 spiro atoms. The number of alkyl halides is 1. The van der Waals surface area contributed by atoms with Crippen molar-refractivity contribution in [3.05, 3.63) is 30.1 Å². The van der Waals surface area contributed by atoms with Crippen molar-refractivity contribution in [1.29, 1.82) is 0 Å². The second-order valence-electron chi connectivity index (χ2n) is 4.75. The largest absolute Gasteiger partial charge is 0.376 e. The van der Waals surface area contributed by atoms with Crippen molar-refractivity contribution in [3.63, 3.8) is 0 Å². The molecule has 4 heteroatoms. The lowest BCUT2D eigenvalue weighted by molar-refractivity contribution is 0.00627. The molecule has 1 aliphatic heterocycles. The minimum Gasteiger partial charge on any atom is -0.376 e. The van der Waals surface area contributed by atoms with Gasteiger partial charge in [-0.15, -0.1) is 11.6 Å². The number of ether oxygens (including phenoxy) is 1. The third-order valence-electron chi connectivity index (χ3n) is 3.51. The van der Waals surface area contributed by atoms with Gasteiger partial charge >= 0.3 is 0 Å². The molecule has 0 bridgehead atoms. The summed E-state index contributed by atoms with van der Waals surface area (Å²) in [5.74, 6) is 1.38. The van der Waals surface area contributed by atoms with Gasteiger partial charge in [0.2, 0.25) is 0 Å². The summed E-state index contributed by atoms with van der Waals surface area (Å²) in [6, 6.07) is 8.18. The Kier molecular flexibility index (Phi) is 3.52. The Morgan fingerprint density at radius 1 is 1.33 bits per heavy atom. The van der Waals surface area contributed by atoms with Gasteiger partial charge in [0.25, 0.3) is 0 Å². The van der Waals surface area contributed by atoms with Gasteiger partial charge in [0.05, 0.1) is 29.6 Å². The summed E-state index contributed by atoms with van der Waals surface area (Å²) in [5.41, 5.74) is 2.17. The van der Waals surface area contributed by atoms with Gasteiger partial charge in [-0.3, -0.25) is 0 Å². The first kappa shape index (κ1) is 12.0. The number of fused-ring (bicyclic) bond motifs is 1. The van der Waals surface area contributed by atoms with E-state index in [2.05, 4.69) is 15.6 Å². The molecule has 1 unspecified atom stereocenters. The molecule has 1 aromatic carbocycles. The fourth-order valence-electron chi connectivity index (χ4n) is 2.59. The summed E-state index contributed by atoms with van der Waals surface area (Å²) in [7, 11) is 0. The zero-order valence-corrected chi connectivity index (χ0v) is 11.1. The van der Waals surface area contributed by atoms with Crippen LogP contribution in [0.4, 0.5) is 0 Å². The van der Waals surface area contributed by atoms with Crippen molar-refractivity contribution in [2.24, 2.45) is 0 Å². The monoisotopic (exact) mass is 264 g/mol. The SMILES string of the molecule is ClCc1nc2ccccc2n1CC1CCCCO1. The maximum absolute atomic E-state index is 6.00. The lowest BCUT2D eigenvalue weighted by Crippen LogP contribution is -2.25. The molecule has 0 aliphatic carbocycles. The van der Waals surface area contributed by atoms with Crippen LogP contribution in [0, 0.1) is 0 Å². The van der Waals surface area contributed by atoms with E-state index in [1.54, 1.807) is 0 Å². The molecule has 0 radical (unpaired) electrons. The predicted octanol–water partition coefficient (Wildman–Crippen LogP) is 3.34. The number of para-hydroxylation sites is 2. The highest BCUT2D eigenvalue weighted by Gasteiger charge is 2.17. The van der Waals surface area contributed by atoms with Crippen LogP contribution in [-0.4, -0.2) is 22.3 Å². The number of rotatable bonds is 3. The fraction of sp³-hybridized carbons (Fsp3) is 0.500. The van der Waals surface area contributed by atoms with E-state index < -0.39 is 0 Å².